The van der Waals surface area contributed by atoms with Crippen molar-refractivity contribution in [2.75, 3.05) is 13.2 Å². The molecule has 2 nitrogen and oxygen atoms in total. The lowest BCUT2D eigenvalue weighted by molar-refractivity contribution is 0.171. The van der Waals surface area contributed by atoms with Crippen LogP contribution in [0.5, 0.6) is 11.5 Å². The Balaban J connectivity index is 1.93. The number of aryl methyl sites for hydroxylation is 2. The second-order valence-electron chi connectivity index (χ2n) is 5.11. The SMILES string of the molecule is Cc1ccc(C(Br)c2ccc3c(c2)OCCO3)cc1C. The highest BCUT2D eigenvalue weighted by atomic mass is 79.9. The number of rotatable bonds is 2. The Bertz CT molecular complexity index is 637. The molecule has 0 saturated carbocycles. The number of ether oxygens (including phenoxy) is 2. The van der Waals surface area contributed by atoms with Crippen LogP contribution in [0, 0.1) is 13.8 Å². The van der Waals surface area contributed by atoms with Gasteiger partial charge in [-0.15, -0.1) is 0 Å². The molecule has 0 bridgehead atoms. The van der Waals surface area contributed by atoms with Gasteiger partial charge in [-0.2, -0.15) is 0 Å². The van der Waals surface area contributed by atoms with Gasteiger partial charge in [0.15, 0.2) is 11.5 Å². The smallest absolute Gasteiger partial charge is 0.161 e. The standard InChI is InChI=1S/C17H17BrO2/c1-11-3-4-13(9-12(11)2)17(18)14-5-6-15-16(10-14)20-8-7-19-15/h3-6,9-10,17H,7-8H2,1-2H3. The fraction of sp³-hybridized carbons (Fsp3) is 0.294. The molecule has 104 valence electrons. The Morgan fingerprint density at radius 1 is 0.850 bits per heavy atom. The number of benzene rings is 2. The van der Waals surface area contributed by atoms with Gasteiger partial charge in [0.2, 0.25) is 0 Å². The van der Waals surface area contributed by atoms with Gasteiger partial charge in [-0.3, -0.25) is 0 Å². The Hall–Kier alpha value is -1.48. The van der Waals surface area contributed by atoms with E-state index in [1.165, 1.54) is 22.3 Å². The highest BCUT2D eigenvalue weighted by Gasteiger charge is 2.16. The normalized spacial score (nSPS) is 14.9. The van der Waals surface area contributed by atoms with Crippen molar-refractivity contribution in [2.45, 2.75) is 18.7 Å². The quantitative estimate of drug-likeness (QED) is 0.750. The van der Waals surface area contributed by atoms with Gasteiger partial charge in [0.05, 0.1) is 4.83 Å². The molecule has 0 radical (unpaired) electrons. The summed E-state index contributed by atoms with van der Waals surface area (Å²) in [5, 5.41) is 0. The van der Waals surface area contributed by atoms with Crippen molar-refractivity contribution < 1.29 is 9.47 Å². The van der Waals surface area contributed by atoms with Crippen LogP contribution >= 0.6 is 15.9 Å². The van der Waals surface area contributed by atoms with Gasteiger partial charge in [0, 0.05) is 0 Å². The molecule has 0 aromatic heterocycles. The predicted molar refractivity (Wildman–Crippen MR) is 84.1 cm³/mol. The van der Waals surface area contributed by atoms with E-state index in [2.05, 4.69) is 60.1 Å². The summed E-state index contributed by atoms with van der Waals surface area (Å²) >= 11 is 3.78. The highest BCUT2D eigenvalue weighted by molar-refractivity contribution is 9.09. The van der Waals surface area contributed by atoms with E-state index in [9.17, 15) is 0 Å². The average molecular weight is 333 g/mol. The molecule has 0 aliphatic carbocycles. The minimum absolute atomic E-state index is 0.164. The molecule has 1 atom stereocenters. The van der Waals surface area contributed by atoms with Crippen LogP contribution in [0.15, 0.2) is 36.4 Å². The highest BCUT2D eigenvalue weighted by Crippen LogP contribution is 2.38. The molecule has 0 amide bonds. The molecule has 2 aromatic carbocycles. The van der Waals surface area contributed by atoms with Crippen molar-refractivity contribution in [3.05, 3.63) is 58.7 Å². The fourth-order valence-corrected chi connectivity index (χ4v) is 2.90. The number of alkyl halides is 1. The maximum absolute atomic E-state index is 5.65. The maximum Gasteiger partial charge on any atom is 0.161 e. The first kappa shape index (κ1) is 13.5. The molecule has 0 saturated heterocycles. The van der Waals surface area contributed by atoms with E-state index in [1.807, 2.05) is 6.07 Å². The van der Waals surface area contributed by atoms with Crippen molar-refractivity contribution in [1.29, 1.82) is 0 Å². The van der Waals surface area contributed by atoms with Crippen LogP contribution in [0.2, 0.25) is 0 Å². The summed E-state index contributed by atoms with van der Waals surface area (Å²) in [5.41, 5.74) is 5.06. The van der Waals surface area contributed by atoms with Gasteiger partial charge >= 0.3 is 0 Å². The van der Waals surface area contributed by atoms with Crippen molar-refractivity contribution in [3.8, 4) is 11.5 Å². The van der Waals surface area contributed by atoms with E-state index in [4.69, 9.17) is 9.47 Å². The first-order chi connectivity index (χ1) is 9.65. The maximum atomic E-state index is 5.65. The Morgan fingerprint density at radius 3 is 2.25 bits per heavy atom. The van der Waals surface area contributed by atoms with E-state index < -0.39 is 0 Å². The summed E-state index contributed by atoms with van der Waals surface area (Å²) < 4.78 is 11.2. The third-order valence-electron chi connectivity index (χ3n) is 3.68. The number of halogens is 1. The third-order valence-corrected chi connectivity index (χ3v) is 4.74. The molecule has 1 heterocycles. The predicted octanol–water partition coefficient (Wildman–Crippen LogP) is 4.56. The number of fused-ring (bicyclic) bond motifs is 1. The Morgan fingerprint density at radius 2 is 1.50 bits per heavy atom. The average Bonchev–Trinajstić information content (AvgIpc) is 2.49. The van der Waals surface area contributed by atoms with Crippen molar-refractivity contribution in [1.82, 2.24) is 0 Å². The lowest BCUT2D eigenvalue weighted by Gasteiger charge is -2.20. The molecule has 1 aliphatic heterocycles. The monoisotopic (exact) mass is 332 g/mol. The van der Waals surface area contributed by atoms with Gasteiger partial charge in [0.25, 0.3) is 0 Å². The zero-order valence-electron chi connectivity index (χ0n) is 11.7. The zero-order chi connectivity index (χ0) is 14.1. The molecule has 1 unspecified atom stereocenters. The minimum atomic E-state index is 0.164. The van der Waals surface area contributed by atoms with Crippen molar-refractivity contribution in [2.24, 2.45) is 0 Å². The summed E-state index contributed by atoms with van der Waals surface area (Å²) in [6, 6.07) is 12.7. The van der Waals surface area contributed by atoms with Gasteiger partial charge in [-0.1, -0.05) is 40.2 Å². The van der Waals surface area contributed by atoms with Crippen LogP contribution in [-0.4, -0.2) is 13.2 Å². The minimum Gasteiger partial charge on any atom is -0.486 e. The van der Waals surface area contributed by atoms with Crippen LogP contribution in [0.1, 0.15) is 27.1 Å². The number of hydrogen-bond acceptors (Lipinski definition) is 2. The first-order valence-corrected chi connectivity index (χ1v) is 7.67. The van der Waals surface area contributed by atoms with E-state index >= 15 is 0 Å². The van der Waals surface area contributed by atoms with Gasteiger partial charge in [0.1, 0.15) is 13.2 Å². The van der Waals surface area contributed by atoms with Crippen molar-refractivity contribution >= 4 is 15.9 Å². The first-order valence-electron chi connectivity index (χ1n) is 6.76. The van der Waals surface area contributed by atoms with Crippen LogP contribution in [-0.2, 0) is 0 Å². The molecule has 0 spiro atoms. The molecule has 3 heteroatoms. The number of hydrogen-bond donors (Lipinski definition) is 0. The summed E-state index contributed by atoms with van der Waals surface area (Å²) in [6.07, 6.45) is 0. The van der Waals surface area contributed by atoms with Crippen LogP contribution in [0.25, 0.3) is 0 Å². The van der Waals surface area contributed by atoms with E-state index in [-0.39, 0.29) is 4.83 Å². The van der Waals surface area contributed by atoms with Crippen molar-refractivity contribution in [3.63, 3.8) is 0 Å². The third kappa shape index (κ3) is 2.55. The topological polar surface area (TPSA) is 18.5 Å². The second kappa shape index (κ2) is 5.49. The van der Waals surface area contributed by atoms with E-state index in [1.54, 1.807) is 0 Å². The van der Waals surface area contributed by atoms with Crippen LogP contribution in [0.3, 0.4) is 0 Å². The summed E-state index contributed by atoms with van der Waals surface area (Å²) in [4.78, 5) is 0.164. The van der Waals surface area contributed by atoms with Gasteiger partial charge in [-0.05, 0) is 48.2 Å². The molecule has 1 aliphatic rings. The molecular formula is C17H17BrO2. The molecule has 0 N–H and O–H groups in total. The summed E-state index contributed by atoms with van der Waals surface area (Å²) in [5.74, 6) is 1.67. The fourth-order valence-electron chi connectivity index (χ4n) is 2.33. The Kier molecular flexibility index (Phi) is 3.70. The van der Waals surface area contributed by atoms with E-state index in [0.29, 0.717) is 13.2 Å². The molecule has 2 aromatic rings. The molecule has 20 heavy (non-hydrogen) atoms. The molecular weight excluding hydrogens is 316 g/mol. The Labute approximate surface area is 127 Å². The molecule has 0 fully saturated rings. The zero-order valence-corrected chi connectivity index (χ0v) is 13.2. The van der Waals surface area contributed by atoms with Crippen LogP contribution < -0.4 is 9.47 Å². The van der Waals surface area contributed by atoms with Gasteiger partial charge in [-0.25, -0.2) is 0 Å². The summed E-state index contributed by atoms with van der Waals surface area (Å²) in [7, 11) is 0. The van der Waals surface area contributed by atoms with Crippen LogP contribution in [0.4, 0.5) is 0 Å². The summed E-state index contributed by atoms with van der Waals surface area (Å²) in [6.45, 7) is 5.52. The van der Waals surface area contributed by atoms with Gasteiger partial charge < -0.3 is 9.47 Å². The molecule has 3 rings (SSSR count). The lowest BCUT2D eigenvalue weighted by atomic mass is 10.00. The second-order valence-corrected chi connectivity index (χ2v) is 6.03. The lowest BCUT2D eigenvalue weighted by Crippen LogP contribution is -2.15. The van der Waals surface area contributed by atoms with E-state index in [0.717, 1.165) is 11.5 Å². The largest absolute Gasteiger partial charge is 0.486 e.